The van der Waals surface area contributed by atoms with E-state index in [4.69, 9.17) is 0 Å². The Hall–Kier alpha value is -0.780. The summed E-state index contributed by atoms with van der Waals surface area (Å²) in [5.74, 6) is 2.56. The molecule has 0 unspecified atom stereocenters. The number of hydrogen-bond donors (Lipinski definition) is 0. The molecule has 0 atom stereocenters. The lowest BCUT2D eigenvalue weighted by atomic mass is 9.83. The van der Waals surface area contributed by atoms with Crippen LogP contribution in [-0.4, -0.2) is 0 Å². The number of rotatable bonds is 3. The molecule has 0 N–H and O–H groups in total. The summed E-state index contributed by atoms with van der Waals surface area (Å²) in [6.45, 7) is 2.29. The van der Waals surface area contributed by atoms with Gasteiger partial charge in [-0.2, -0.15) is 0 Å². The molecule has 1 aliphatic rings. The zero-order chi connectivity index (χ0) is 9.80. The average Bonchev–Trinajstić information content (AvgIpc) is 2.74. The molecule has 0 aromatic heterocycles. The van der Waals surface area contributed by atoms with Crippen LogP contribution in [0.2, 0.25) is 0 Å². The Kier molecular flexibility index (Phi) is 3.23. The van der Waals surface area contributed by atoms with Gasteiger partial charge in [0, 0.05) is 5.92 Å². The fourth-order valence-electron chi connectivity index (χ4n) is 2.66. The first kappa shape index (κ1) is 9.76. The van der Waals surface area contributed by atoms with Crippen molar-refractivity contribution in [2.45, 2.75) is 39.0 Å². The Morgan fingerprint density at radius 3 is 2.36 bits per heavy atom. The summed E-state index contributed by atoms with van der Waals surface area (Å²) in [5.41, 5.74) is 1.47. The molecule has 1 fully saturated rings. The van der Waals surface area contributed by atoms with Crippen molar-refractivity contribution in [3.05, 3.63) is 41.8 Å². The fraction of sp³-hybridized carbons (Fsp3) is 0.500. The first-order valence-corrected chi connectivity index (χ1v) is 5.83. The maximum Gasteiger partial charge on any atom is 0.00779 e. The van der Waals surface area contributed by atoms with Crippen molar-refractivity contribution in [3.8, 4) is 0 Å². The number of hydrogen-bond acceptors (Lipinski definition) is 0. The second-order valence-corrected chi connectivity index (χ2v) is 4.23. The molecule has 0 spiro atoms. The van der Waals surface area contributed by atoms with Crippen LogP contribution in [0.4, 0.5) is 0 Å². The molecule has 0 nitrogen and oxygen atoms in total. The Labute approximate surface area is 87.3 Å². The summed E-state index contributed by atoms with van der Waals surface area (Å²) in [6, 6.07) is 10.9. The van der Waals surface area contributed by atoms with Gasteiger partial charge in [-0.15, -0.1) is 0 Å². The van der Waals surface area contributed by atoms with E-state index < -0.39 is 0 Å². The molecule has 1 aromatic rings. The second kappa shape index (κ2) is 4.63. The number of benzene rings is 1. The maximum absolute atomic E-state index is 2.29. The minimum Gasteiger partial charge on any atom is -0.0645 e. The summed E-state index contributed by atoms with van der Waals surface area (Å²) >= 11 is 0. The fourth-order valence-corrected chi connectivity index (χ4v) is 2.66. The van der Waals surface area contributed by atoms with E-state index >= 15 is 0 Å². The molecular formula is C14H19. The van der Waals surface area contributed by atoms with Gasteiger partial charge in [0.2, 0.25) is 0 Å². The van der Waals surface area contributed by atoms with Crippen LogP contribution in [0.3, 0.4) is 0 Å². The quantitative estimate of drug-likeness (QED) is 0.665. The van der Waals surface area contributed by atoms with E-state index in [0.717, 1.165) is 5.92 Å². The van der Waals surface area contributed by atoms with Crippen molar-refractivity contribution in [3.63, 3.8) is 0 Å². The standard InChI is InChI=1S/C14H19/c1-2-14(13-10-6-7-11-13)12-8-4-3-5-9-12/h3-5,8-9,13H,2,6-7,10-11H2,1H3. The maximum atomic E-state index is 2.29. The van der Waals surface area contributed by atoms with E-state index in [9.17, 15) is 0 Å². The predicted molar refractivity (Wildman–Crippen MR) is 61.0 cm³/mol. The van der Waals surface area contributed by atoms with Crippen LogP contribution in [0.15, 0.2) is 30.3 Å². The molecule has 0 saturated heterocycles. The zero-order valence-electron chi connectivity index (χ0n) is 9.00. The zero-order valence-corrected chi connectivity index (χ0v) is 9.00. The van der Waals surface area contributed by atoms with E-state index in [0.29, 0.717) is 0 Å². The first-order valence-electron chi connectivity index (χ1n) is 5.83. The molecule has 0 heteroatoms. The third-order valence-electron chi connectivity index (χ3n) is 3.37. The third-order valence-corrected chi connectivity index (χ3v) is 3.37. The molecule has 0 heterocycles. The highest BCUT2D eigenvalue weighted by atomic mass is 14.3. The van der Waals surface area contributed by atoms with Crippen molar-refractivity contribution in [1.82, 2.24) is 0 Å². The van der Waals surface area contributed by atoms with E-state index in [2.05, 4.69) is 37.3 Å². The van der Waals surface area contributed by atoms with Gasteiger partial charge in [-0.1, -0.05) is 50.1 Å². The normalized spacial score (nSPS) is 17.9. The van der Waals surface area contributed by atoms with Gasteiger partial charge in [0.1, 0.15) is 0 Å². The van der Waals surface area contributed by atoms with Gasteiger partial charge < -0.3 is 0 Å². The molecule has 75 valence electrons. The molecule has 14 heavy (non-hydrogen) atoms. The molecule has 0 amide bonds. The van der Waals surface area contributed by atoms with Crippen LogP contribution >= 0.6 is 0 Å². The van der Waals surface area contributed by atoms with E-state index in [1.54, 1.807) is 5.92 Å². The van der Waals surface area contributed by atoms with E-state index in [1.807, 2.05) is 0 Å². The van der Waals surface area contributed by atoms with Crippen molar-refractivity contribution < 1.29 is 0 Å². The highest BCUT2D eigenvalue weighted by molar-refractivity contribution is 5.31. The smallest absolute Gasteiger partial charge is 0.00779 e. The SMILES string of the molecule is CC[C](c1ccccc1)C1CCCC1. The van der Waals surface area contributed by atoms with E-state index in [1.165, 1.54) is 37.7 Å². The third kappa shape index (κ3) is 2.00. The van der Waals surface area contributed by atoms with Gasteiger partial charge in [-0.3, -0.25) is 0 Å². The van der Waals surface area contributed by atoms with Crippen molar-refractivity contribution in [1.29, 1.82) is 0 Å². The second-order valence-electron chi connectivity index (χ2n) is 4.23. The molecule has 2 rings (SSSR count). The van der Waals surface area contributed by atoms with Crippen LogP contribution < -0.4 is 0 Å². The molecular weight excluding hydrogens is 168 g/mol. The van der Waals surface area contributed by atoms with Gasteiger partial charge in [0.05, 0.1) is 0 Å². The van der Waals surface area contributed by atoms with Crippen LogP contribution in [0.1, 0.15) is 44.6 Å². The van der Waals surface area contributed by atoms with E-state index in [-0.39, 0.29) is 0 Å². The Morgan fingerprint density at radius 2 is 1.79 bits per heavy atom. The largest absolute Gasteiger partial charge is 0.0645 e. The summed E-state index contributed by atoms with van der Waals surface area (Å²) < 4.78 is 0. The van der Waals surface area contributed by atoms with Crippen LogP contribution in [0.25, 0.3) is 0 Å². The molecule has 1 aliphatic carbocycles. The van der Waals surface area contributed by atoms with Gasteiger partial charge in [0.25, 0.3) is 0 Å². The molecule has 1 aromatic carbocycles. The molecule has 0 bridgehead atoms. The van der Waals surface area contributed by atoms with Gasteiger partial charge in [-0.05, 0) is 30.7 Å². The van der Waals surface area contributed by atoms with Crippen molar-refractivity contribution in [2.24, 2.45) is 5.92 Å². The van der Waals surface area contributed by atoms with Gasteiger partial charge in [0.15, 0.2) is 0 Å². The van der Waals surface area contributed by atoms with Crippen LogP contribution in [-0.2, 0) is 0 Å². The average molecular weight is 187 g/mol. The van der Waals surface area contributed by atoms with Gasteiger partial charge >= 0.3 is 0 Å². The lowest BCUT2D eigenvalue weighted by Crippen LogP contribution is -2.09. The first-order chi connectivity index (χ1) is 6.92. The highest BCUT2D eigenvalue weighted by Gasteiger charge is 2.24. The minimum atomic E-state index is 0.877. The van der Waals surface area contributed by atoms with Gasteiger partial charge in [-0.25, -0.2) is 0 Å². The predicted octanol–water partition coefficient (Wildman–Crippen LogP) is 4.21. The Bertz CT molecular complexity index is 257. The summed E-state index contributed by atoms with van der Waals surface area (Å²) in [6.07, 6.45) is 6.91. The topological polar surface area (TPSA) is 0 Å². The van der Waals surface area contributed by atoms with Crippen LogP contribution in [0, 0.1) is 11.8 Å². The molecule has 0 aliphatic heterocycles. The lowest BCUT2D eigenvalue weighted by Gasteiger charge is -2.21. The van der Waals surface area contributed by atoms with Crippen LogP contribution in [0.5, 0.6) is 0 Å². The minimum absolute atomic E-state index is 0.877. The summed E-state index contributed by atoms with van der Waals surface area (Å²) in [4.78, 5) is 0. The summed E-state index contributed by atoms with van der Waals surface area (Å²) in [5, 5.41) is 0. The Morgan fingerprint density at radius 1 is 1.14 bits per heavy atom. The molecule has 1 saturated carbocycles. The molecule has 1 radical (unpaired) electrons. The Balaban J connectivity index is 2.12. The highest BCUT2D eigenvalue weighted by Crippen LogP contribution is 2.38. The summed E-state index contributed by atoms with van der Waals surface area (Å²) in [7, 11) is 0. The van der Waals surface area contributed by atoms with Crippen molar-refractivity contribution in [2.75, 3.05) is 0 Å². The van der Waals surface area contributed by atoms with Crippen molar-refractivity contribution >= 4 is 0 Å². The lowest BCUT2D eigenvalue weighted by molar-refractivity contribution is 0.557. The monoisotopic (exact) mass is 187 g/mol.